The van der Waals surface area contributed by atoms with E-state index in [4.69, 9.17) is 11.6 Å². The number of amides is 1. The summed E-state index contributed by atoms with van der Waals surface area (Å²) in [5, 5.41) is 1.58. The fourth-order valence-corrected chi connectivity index (χ4v) is 3.05. The first-order chi connectivity index (χ1) is 11.1. The molecule has 0 N–H and O–H groups in total. The van der Waals surface area contributed by atoms with Crippen molar-refractivity contribution >= 4 is 28.4 Å². The minimum atomic E-state index is 0.0196. The van der Waals surface area contributed by atoms with E-state index in [-0.39, 0.29) is 5.91 Å². The lowest BCUT2D eigenvalue weighted by atomic mass is 10.2. The highest BCUT2D eigenvalue weighted by molar-refractivity contribution is 6.35. The summed E-state index contributed by atoms with van der Waals surface area (Å²) in [6.45, 7) is 3.25. The normalized spacial score (nSPS) is 10.9. The Balaban J connectivity index is 1.95. The van der Waals surface area contributed by atoms with Crippen LogP contribution in [-0.2, 0) is 13.6 Å². The van der Waals surface area contributed by atoms with E-state index in [9.17, 15) is 4.79 Å². The highest BCUT2D eigenvalue weighted by atomic mass is 35.5. The van der Waals surface area contributed by atoms with E-state index >= 15 is 0 Å². The second kappa shape index (κ2) is 6.47. The molecule has 1 amide bonds. The number of aryl methyl sites for hydroxylation is 1. The van der Waals surface area contributed by atoms with Crippen LogP contribution in [0.3, 0.4) is 0 Å². The number of nitrogens with zero attached hydrogens (tertiary/aromatic N) is 2. The SMILES string of the molecule is CCN(Cc1ccccc1)C(=O)c1cc2c(Cl)cccc2n1C. The number of rotatable bonds is 4. The first-order valence-corrected chi connectivity index (χ1v) is 8.06. The summed E-state index contributed by atoms with van der Waals surface area (Å²) in [5.41, 5.74) is 2.75. The Hall–Kier alpha value is -2.26. The monoisotopic (exact) mass is 326 g/mol. The van der Waals surface area contributed by atoms with Crippen LogP contribution in [0.1, 0.15) is 23.0 Å². The highest BCUT2D eigenvalue weighted by Crippen LogP contribution is 2.27. The van der Waals surface area contributed by atoms with Gasteiger partial charge < -0.3 is 9.47 Å². The second-order valence-corrected chi connectivity index (χ2v) is 5.97. The van der Waals surface area contributed by atoms with Crippen LogP contribution < -0.4 is 0 Å². The quantitative estimate of drug-likeness (QED) is 0.693. The van der Waals surface area contributed by atoms with Gasteiger partial charge in [-0.15, -0.1) is 0 Å². The summed E-state index contributed by atoms with van der Waals surface area (Å²) in [7, 11) is 1.91. The number of aromatic nitrogens is 1. The predicted molar refractivity (Wildman–Crippen MR) is 94.8 cm³/mol. The van der Waals surface area contributed by atoms with Gasteiger partial charge in [-0.05, 0) is 30.7 Å². The molecular weight excluding hydrogens is 308 g/mol. The molecule has 0 radical (unpaired) electrons. The molecule has 3 rings (SSSR count). The number of carbonyl (C=O) groups is 1. The van der Waals surface area contributed by atoms with E-state index in [1.165, 1.54) is 0 Å². The third-order valence-corrected chi connectivity index (χ3v) is 4.47. The van der Waals surface area contributed by atoms with Gasteiger partial charge in [0, 0.05) is 36.1 Å². The lowest BCUT2D eigenvalue weighted by Gasteiger charge is -2.21. The van der Waals surface area contributed by atoms with Crippen molar-refractivity contribution in [2.75, 3.05) is 6.54 Å². The Kier molecular flexibility index (Phi) is 4.39. The van der Waals surface area contributed by atoms with Crippen molar-refractivity contribution in [1.29, 1.82) is 0 Å². The fraction of sp³-hybridized carbons (Fsp3) is 0.211. The van der Waals surface area contributed by atoms with Gasteiger partial charge in [0.25, 0.3) is 5.91 Å². The third kappa shape index (κ3) is 2.97. The lowest BCUT2D eigenvalue weighted by molar-refractivity contribution is 0.0743. The number of fused-ring (bicyclic) bond motifs is 1. The van der Waals surface area contributed by atoms with E-state index in [1.54, 1.807) is 0 Å². The van der Waals surface area contributed by atoms with Crippen LogP contribution in [0.4, 0.5) is 0 Å². The largest absolute Gasteiger partial charge is 0.340 e. The van der Waals surface area contributed by atoms with Gasteiger partial charge in [-0.2, -0.15) is 0 Å². The van der Waals surface area contributed by atoms with Crippen LogP contribution in [0.15, 0.2) is 54.6 Å². The highest BCUT2D eigenvalue weighted by Gasteiger charge is 2.20. The van der Waals surface area contributed by atoms with Crippen molar-refractivity contribution in [3.8, 4) is 0 Å². The average molecular weight is 327 g/mol. The molecule has 3 nitrogen and oxygen atoms in total. The standard InChI is InChI=1S/C19H19ClN2O/c1-3-22(13-14-8-5-4-6-9-14)19(23)18-12-15-16(20)10-7-11-17(15)21(18)2/h4-12H,3,13H2,1-2H3. The maximum atomic E-state index is 12.9. The molecule has 0 aliphatic rings. The van der Waals surface area contributed by atoms with Crippen molar-refractivity contribution in [2.45, 2.75) is 13.5 Å². The smallest absolute Gasteiger partial charge is 0.270 e. The summed E-state index contributed by atoms with van der Waals surface area (Å²) in [6, 6.07) is 17.6. The summed E-state index contributed by atoms with van der Waals surface area (Å²) < 4.78 is 1.91. The van der Waals surface area contributed by atoms with Gasteiger partial charge in [0.05, 0.1) is 0 Å². The zero-order chi connectivity index (χ0) is 16.4. The third-order valence-electron chi connectivity index (χ3n) is 4.14. The molecular formula is C19H19ClN2O. The molecule has 1 aromatic heterocycles. The molecule has 118 valence electrons. The first-order valence-electron chi connectivity index (χ1n) is 7.69. The van der Waals surface area contributed by atoms with E-state index in [1.807, 2.05) is 78.0 Å². The number of halogens is 1. The Bertz CT molecular complexity index is 839. The van der Waals surface area contributed by atoms with Crippen LogP contribution in [0.25, 0.3) is 10.9 Å². The summed E-state index contributed by atoms with van der Waals surface area (Å²) in [4.78, 5) is 14.8. The van der Waals surface area contributed by atoms with Gasteiger partial charge in [-0.25, -0.2) is 0 Å². The minimum Gasteiger partial charge on any atom is -0.340 e. The Morgan fingerprint density at radius 2 is 1.87 bits per heavy atom. The van der Waals surface area contributed by atoms with Gasteiger partial charge in [-0.3, -0.25) is 4.79 Å². The number of benzene rings is 2. The van der Waals surface area contributed by atoms with Crippen molar-refractivity contribution in [3.63, 3.8) is 0 Å². The molecule has 0 unspecified atom stereocenters. The van der Waals surface area contributed by atoms with E-state index in [0.717, 1.165) is 16.5 Å². The summed E-state index contributed by atoms with van der Waals surface area (Å²) in [5.74, 6) is 0.0196. The van der Waals surface area contributed by atoms with Gasteiger partial charge in [0.15, 0.2) is 0 Å². The van der Waals surface area contributed by atoms with E-state index in [2.05, 4.69) is 0 Å². The zero-order valence-corrected chi connectivity index (χ0v) is 14.0. The van der Waals surface area contributed by atoms with E-state index in [0.29, 0.717) is 23.8 Å². The molecule has 0 atom stereocenters. The molecule has 0 saturated heterocycles. The molecule has 3 aromatic rings. The van der Waals surface area contributed by atoms with Crippen molar-refractivity contribution in [1.82, 2.24) is 9.47 Å². The lowest BCUT2D eigenvalue weighted by Crippen LogP contribution is -2.31. The molecule has 0 saturated carbocycles. The van der Waals surface area contributed by atoms with Crippen LogP contribution in [0.5, 0.6) is 0 Å². The number of hydrogen-bond acceptors (Lipinski definition) is 1. The maximum absolute atomic E-state index is 12.9. The topological polar surface area (TPSA) is 25.2 Å². The second-order valence-electron chi connectivity index (χ2n) is 5.57. The van der Waals surface area contributed by atoms with Crippen LogP contribution in [0, 0.1) is 0 Å². The number of hydrogen-bond donors (Lipinski definition) is 0. The van der Waals surface area contributed by atoms with Crippen molar-refractivity contribution in [2.24, 2.45) is 7.05 Å². The minimum absolute atomic E-state index is 0.0196. The first kappa shape index (κ1) is 15.6. The molecule has 0 aliphatic carbocycles. The van der Waals surface area contributed by atoms with Gasteiger partial charge >= 0.3 is 0 Å². The Morgan fingerprint density at radius 3 is 2.52 bits per heavy atom. The van der Waals surface area contributed by atoms with Gasteiger partial charge in [-0.1, -0.05) is 48.0 Å². The van der Waals surface area contributed by atoms with Crippen molar-refractivity contribution in [3.05, 3.63) is 70.9 Å². The Labute approximate surface area is 141 Å². The molecule has 0 spiro atoms. The van der Waals surface area contributed by atoms with Gasteiger partial charge in [0.2, 0.25) is 0 Å². The molecule has 23 heavy (non-hydrogen) atoms. The average Bonchev–Trinajstić information content (AvgIpc) is 2.91. The van der Waals surface area contributed by atoms with Crippen molar-refractivity contribution < 1.29 is 4.79 Å². The van der Waals surface area contributed by atoms with Crippen LogP contribution >= 0.6 is 11.6 Å². The van der Waals surface area contributed by atoms with Crippen LogP contribution in [-0.4, -0.2) is 21.9 Å². The molecule has 2 aromatic carbocycles. The predicted octanol–water partition coefficient (Wildman–Crippen LogP) is 4.49. The van der Waals surface area contributed by atoms with Crippen LogP contribution in [0.2, 0.25) is 5.02 Å². The number of carbonyl (C=O) groups excluding carboxylic acids is 1. The van der Waals surface area contributed by atoms with E-state index < -0.39 is 0 Å². The van der Waals surface area contributed by atoms with Gasteiger partial charge in [0.1, 0.15) is 5.69 Å². The molecule has 4 heteroatoms. The summed E-state index contributed by atoms with van der Waals surface area (Å²) in [6.07, 6.45) is 0. The molecule has 0 aliphatic heterocycles. The molecule has 1 heterocycles. The fourth-order valence-electron chi connectivity index (χ4n) is 2.82. The molecule has 0 fully saturated rings. The Morgan fingerprint density at radius 1 is 1.13 bits per heavy atom. The molecule has 0 bridgehead atoms. The zero-order valence-electron chi connectivity index (χ0n) is 13.3. The summed E-state index contributed by atoms with van der Waals surface area (Å²) >= 11 is 6.25. The maximum Gasteiger partial charge on any atom is 0.270 e.